The highest BCUT2D eigenvalue weighted by Gasteiger charge is 2.38. The second-order valence-electron chi connectivity index (χ2n) is 3.01. The molecule has 1 heterocycles. The van der Waals surface area contributed by atoms with Gasteiger partial charge in [0.2, 0.25) is 0 Å². The summed E-state index contributed by atoms with van der Waals surface area (Å²) in [7, 11) is -13.9. The highest BCUT2D eigenvalue weighted by atomic mass is 32.3. The molecule has 0 spiro atoms. The minimum atomic E-state index is -5.50. The van der Waals surface area contributed by atoms with E-state index in [9.17, 15) is 29.1 Å². The number of hydrogen-bond donors (Lipinski definition) is 0. The van der Waals surface area contributed by atoms with Crippen LogP contribution in [-0.2, 0) is 39.2 Å². The molecule has 17 heavy (non-hydrogen) atoms. The summed E-state index contributed by atoms with van der Waals surface area (Å²) < 4.78 is 84.7. The minimum Gasteiger partial charge on any atom is -0.267 e. The molecule has 1 rings (SSSR count). The largest absolute Gasteiger partial charge is 0.389 e. The van der Waals surface area contributed by atoms with Crippen LogP contribution < -0.4 is 0 Å². The van der Waals surface area contributed by atoms with Crippen molar-refractivity contribution in [2.45, 2.75) is 6.10 Å². The van der Waals surface area contributed by atoms with Crippen LogP contribution in [0.15, 0.2) is 0 Å². The normalized spacial score (nSPS) is 25.2. The average molecular weight is 313 g/mol. The molecule has 0 aromatic rings. The van der Waals surface area contributed by atoms with Gasteiger partial charge in [0.25, 0.3) is 10.1 Å². The summed E-state index contributed by atoms with van der Waals surface area (Å²) in [6.07, 6.45) is -1.41. The van der Waals surface area contributed by atoms with Gasteiger partial charge in [-0.1, -0.05) is 3.89 Å². The maximum atomic E-state index is 12.4. The molecule has 0 saturated carbocycles. The van der Waals surface area contributed by atoms with Gasteiger partial charge in [0.15, 0.2) is 0 Å². The average Bonchev–Trinajstić information content (AvgIpc) is 2.41. The van der Waals surface area contributed by atoms with E-state index in [1.165, 1.54) is 0 Å². The number of rotatable bonds is 4. The Kier molecular flexibility index (Phi) is 3.81. The summed E-state index contributed by atoms with van der Waals surface area (Å²) in [4.78, 5) is 0. The Hall–Kier alpha value is -0.340. The fraction of sp³-hybridized carbons (Fsp3) is 1.00. The predicted molar refractivity (Wildman–Crippen MR) is 51.3 cm³/mol. The van der Waals surface area contributed by atoms with Crippen LogP contribution in [0.1, 0.15) is 0 Å². The molecule has 0 bridgehead atoms. The van der Waals surface area contributed by atoms with Gasteiger partial charge in [-0.15, -0.1) is 0 Å². The van der Waals surface area contributed by atoms with Crippen molar-refractivity contribution in [1.82, 2.24) is 3.71 Å². The Morgan fingerprint density at radius 3 is 2.24 bits per heavy atom. The van der Waals surface area contributed by atoms with E-state index in [-0.39, 0.29) is 0 Å². The van der Waals surface area contributed by atoms with E-state index in [0.29, 0.717) is 7.05 Å². The van der Waals surface area contributed by atoms with E-state index in [1.807, 2.05) is 0 Å². The highest BCUT2D eigenvalue weighted by molar-refractivity contribution is 7.99. The van der Waals surface area contributed by atoms with E-state index in [4.69, 9.17) is 0 Å². The van der Waals surface area contributed by atoms with Crippen molar-refractivity contribution in [1.29, 1.82) is 0 Å². The first-order valence-corrected chi connectivity index (χ1v) is 8.21. The third-order valence-electron chi connectivity index (χ3n) is 1.70. The van der Waals surface area contributed by atoms with E-state index in [1.54, 1.807) is 0 Å². The third kappa shape index (κ3) is 3.82. The Morgan fingerprint density at radius 2 is 1.88 bits per heavy atom. The first-order valence-electron chi connectivity index (χ1n) is 3.93. The smallest absolute Gasteiger partial charge is 0.267 e. The monoisotopic (exact) mass is 313 g/mol. The standard InChI is InChI=1S/C4H8FNO8S3/c1-6(16(5,9)10)17(11,12)14-4-2-13-15(7,8)3-4/h4H,2-3H2,1H3. The van der Waals surface area contributed by atoms with Crippen LogP contribution in [0.4, 0.5) is 3.89 Å². The van der Waals surface area contributed by atoms with Crippen molar-refractivity contribution in [3.05, 3.63) is 0 Å². The van der Waals surface area contributed by atoms with E-state index >= 15 is 0 Å². The van der Waals surface area contributed by atoms with Gasteiger partial charge in [-0.25, -0.2) is 0 Å². The van der Waals surface area contributed by atoms with Crippen LogP contribution in [0, 0.1) is 0 Å². The van der Waals surface area contributed by atoms with E-state index < -0.39 is 53.0 Å². The van der Waals surface area contributed by atoms with Gasteiger partial charge >= 0.3 is 20.7 Å². The summed E-state index contributed by atoms with van der Waals surface area (Å²) in [5, 5.41) is 0. The van der Waals surface area contributed by atoms with Crippen LogP contribution >= 0.6 is 0 Å². The molecule has 13 heteroatoms. The van der Waals surface area contributed by atoms with Gasteiger partial charge in [0.1, 0.15) is 11.9 Å². The molecule has 0 aromatic heterocycles. The van der Waals surface area contributed by atoms with Crippen molar-refractivity contribution >= 4 is 30.8 Å². The lowest BCUT2D eigenvalue weighted by molar-refractivity contribution is 0.177. The maximum Gasteiger partial charge on any atom is 0.389 e. The molecular formula is C4H8FNO8S3. The molecule has 0 aromatic carbocycles. The molecule has 0 aliphatic carbocycles. The fourth-order valence-electron chi connectivity index (χ4n) is 0.901. The molecule has 1 saturated heterocycles. The van der Waals surface area contributed by atoms with Gasteiger partial charge in [-0.2, -0.15) is 25.3 Å². The molecule has 1 unspecified atom stereocenters. The minimum absolute atomic E-state index is 0.412. The van der Waals surface area contributed by atoms with Gasteiger partial charge in [-0.3, -0.25) is 8.37 Å². The Balaban J connectivity index is 2.83. The fourth-order valence-corrected chi connectivity index (χ4v) is 3.63. The lowest BCUT2D eigenvalue weighted by atomic mass is 10.5. The number of nitrogens with zero attached hydrogens (tertiary/aromatic N) is 1. The summed E-state index contributed by atoms with van der Waals surface area (Å²) in [5.74, 6) is -0.758. The van der Waals surface area contributed by atoms with Gasteiger partial charge in [0.05, 0.1) is 6.61 Å². The van der Waals surface area contributed by atoms with Crippen molar-refractivity contribution in [3.8, 4) is 0 Å². The molecular weight excluding hydrogens is 305 g/mol. The molecule has 1 aliphatic heterocycles. The van der Waals surface area contributed by atoms with Gasteiger partial charge in [0, 0.05) is 7.05 Å². The first kappa shape index (κ1) is 14.7. The van der Waals surface area contributed by atoms with Crippen LogP contribution in [-0.4, -0.2) is 54.5 Å². The quantitative estimate of drug-likeness (QED) is 0.436. The van der Waals surface area contributed by atoms with Gasteiger partial charge < -0.3 is 0 Å². The molecule has 0 amide bonds. The maximum absolute atomic E-state index is 12.4. The van der Waals surface area contributed by atoms with Crippen molar-refractivity contribution in [2.24, 2.45) is 0 Å². The first-order chi connectivity index (χ1) is 7.44. The van der Waals surface area contributed by atoms with Crippen molar-refractivity contribution < 1.29 is 37.5 Å². The SMILES string of the molecule is CN(S(=O)(=O)F)S(=O)(=O)OC1COS(=O)(=O)C1. The van der Waals surface area contributed by atoms with Crippen LogP contribution in [0.3, 0.4) is 0 Å². The molecule has 1 aliphatic rings. The Labute approximate surface area is 97.8 Å². The van der Waals surface area contributed by atoms with E-state index in [2.05, 4.69) is 8.37 Å². The molecule has 9 nitrogen and oxygen atoms in total. The van der Waals surface area contributed by atoms with Crippen molar-refractivity contribution in [2.75, 3.05) is 19.4 Å². The molecule has 0 radical (unpaired) electrons. The predicted octanol–water partition coefficient (Wildman–Crippen LogP) is -1.88. The molecule has 0 N–H and O–H groups in total. The number of hydrogen-bond acceptors (Lipinski definition) is 8. The summed E-state index contributed by atoms with van der Waals surface area (Å²) in [5.41, 5.74) is 0. The molecule has 102 valence electrons. The van der Waals surface area contributed by atoms with Crippen LogP contribution in [0.5, 0.6) is 0 Å². The number of halogens is 1. The zero-order chi connectivity index (χ0) is 13.5. The lowest BCUT2D eigenvalue weighted by Gasteiger charge is -2.14. The summed E-state index contributed by atoms with van der Waals surface area (Å²) in [6.45, 7) is -0.582. The summed E-state index contributed by atoms with van der Waals surface area (Å²) >= 11 is 0. The van der Waals surface area contributed by atoms with Crippen molar-refractivity contribution in [3.63, 3.8) is 0 Å². The zero-order valence-corrected chi connectivity index (χ0v) is 10.8. The zero-order valence-electron chi connectivity index (χ0n) is 8.31. The van der Waals surface area contributed by atoms with Gasteiger partial charge in [-0.05, 0) is 3.71 Å². The molecule has 1 fully saturated rings. The van der Waals surface area contributed by atoms with Crippen LogP contribution in [0.25, 0.3) is 0 Å². The van der Waals surface area contributed by atoms with E-state index in [0.717, 1.165) is 0 Å². The lowest BCUT2D eigenvalue weighted by Crippen LogP contribution is -2.35. The highest BCUT2D eigenvalue weighted by Crippen LogP contribution is 2.17. The topological polar surface area (TPSA) is 124 Å². The second-order valence-corrected chi connectivity index (χ2v) is 7.89. The Bertz CT molecular complexity index is 591. The Morgan fingerprint density at radius 1 is 1.35 bits per heavy atom. The summed E-state index contributed by atoms with van der Waals surface area (Å²) in [6, 6.07) is 0. The molecule has 1 atom stereocenters. The third-order valence-corrected chi connectivity index (χ3v) is 5.82. The van der Waals surface area contributed by atoms with Crippen LogP contribution in [0.2, 0.25) is 0 Å². The second kappa shape index (κ2) is 4.40.